The van der Waals surface area contributed by atoms with Crippen molar-refractivity contribution in [1.29, 1.82) is 0 Å². The van der Waals surface area contributed by atoms with Gasteiger partial charge < -0.3 is 4.42 Å². The Morgan fingerprint density at radius 2 is 1.79 bits per heavy atom. The molecule has 19 heavy (non-hydrogen) atoms. The zero-order chi connectivity index (χ0) is 13.0. The molecule has 0 aliphatic heterocycles. The molecule has 0 bridgehead atoms. The molecule has 0 aliphatic rings. The fourth-order valence-electron chi connectivity index (χ4n) is 2.54. The molecule has 0 atom stereocenters. The van der Waals surface area contributed by atoms with Gasteiger partial charge in [0.25, 0.3) is 0 Å². The van der Waals surface area contributed by atoms with Crippen LogP contribution in [0.3, 0.4) is 0 Å². The number of halogens is 2. The first-order chi connectivity index (χ1) is 9.24. The van der Waals surface area contributed by atoms with Gasteiger partial charge in [0.1, 0.15) is 17.0 Å². The van der Waals surface area contributed by atoms with Gasteiger partial charge in [-0.3, -0.25) is 0 Å². The second kappa shape index (κ2) is 3.72. The summed E-state index contributed by atoms with van der Waals surface area (Å²) in [6, 6.07) is 14.3. The molecule has 1 aromatic heterocycles. The van der Waals surface area contributed by atoms with Crippen LogP contribution in [0, 0.1) is 5.82 Å². The number of rotatable bonds is 0. The molecule has 0 saturated carbocycles. The van der Waals surface area contributed by atoms with Crippen molar-refractivity contribution in [1.82, 2.24) is 0 Å². The van der Waals surface area contributed by atoms with Crippen LogP contribution in [0.15, 0.2) is 52.9 Å². The Morgan fingerprint density at radius 3 is 2.68 bits per heavy atom. The Balaban J connectivity index is 2.33. The second-order valence-corrected chi connectivity index (χ2v) is 4.93. The van der Waals surface area contributed by atoms with Gasteiger partial charge in [-0.05, 0) is 23.6 Å². The maximum atomic E-state index is 13.3. The molecule has 92 valence electrons. The van der Waals surface area contributed by atoms with E-state index in [4.69, 9.17) is 16.0 Å². The third-order valence-electron chi connectivity index (χ3n) is 3.38. The Kier molecular flexibility index (Phi) is 2.12. The number of hydrogen-bond donors (Lipinski definition) is 0. The lowest BCUT2D eigenvalue weighted by molar-refractivity contribution is 0.619. The molecule has 0 saturated heterocycles. The number of benzene rings is 3. The molecule has 4 rings (SSSR count). The molecule has 1 heterocycles. The van der Waals surface area contributed by atoms with Gasteiger partial charge in [-0.15, -0.1) is 0 Å². The van der Waals surface area contributed by atoms with Gasteiger partial charge in [0.05, 0.1) is 5.02 Å². The Labute approximate surface area is 113 Å². The van der Waals surface area contributed by atoms with Crippen molar-refractivity contribution in [3.8, 4) is 0 Å². The van der Waals surface area contributed by atoms with Gasteiger partial charge in [-0.2, -0.15) is 0 Å². The third-order valence-corrected chi connectivity index (χ3v) is 3.68. The normalized spacial score (nSPS) is 11.7. The fraction of sp³-hybridized carbons (Fsp3) is 0. The SMILES string of the molecule is Fc1ccc2c(c1)oc1c3ccccc3cc(Cl)c21. The maximum absolute atomic E-state index is 13.3. The summed E-state index contributed by atoms with van der Waals surface area (Å²) in [6.45, 7) is 0. The zero-order valence-corrected chi connectivity index (χ0v) is 10.5. The molecular formula is C16H8ClFO. The van der Waals surface area contributed by atoms with E-state index in [-0.39, 0.29) is 5.82 Å². The van der Waals surface area contributed by atoms with E-state index in [1.165, 1.54) is 12.1 Å². The van der Waals surface area contributed by atoms with Crippen LogP contribution in [0.2, 0.25) is 5.02 Å². The summed E-state index contributed by atoms with van der Waals surface area (Å²) >= 11 is 6.34. The maximum Gasteiger partial charge on any atom is 0.144 e. The predicted molar refractivity (Wildman–Crippen MR) is 76.2 cm³/mol. The molecule has 3 heteroatoms. The van der Waals surface area contributed by atoms with Gasteiger partial charge in [0.15, 0.2) is 0 Å². The quantitative estimate of drug-likeness (QED) is 0.409. The van der Waals surface area contributed by atoms with Crippen LogP contribution in [-0.4, -0.2) is 0 Å². The van der Waals surface area contributed by atoms with E-state index in [1.807, 2.05) is 30.3 Å². The minimum absolute atomic E-state index is 0.313. The summed E-state index contributed by atoms with van der Waals surface area (Å²) in [5.41, 5.74) is 1.23. The van der Waals surface area contributed by atoms with Crippen molar-refractivity contribution in [2.75, 3.05) is 0 Å². The summed E-state index contributed by atoms with van der Waals surface area (Å²) in [6.07, 6.45) is 0. The number of fused-ring (bicyclic) bond motifs is 5. The molecule has 0 amide bonds. The van der Waals surface area contributed by atoms with Crippen LogP contribution in [0.5, 0.6) is 0 Å². The van der Waals surface area contributed by atoms with Crippen molar-refractivity contribution in [3.05, 3.63) is 59.4 Å². The van der Waals surface area contributed by atoms with E-state index >= 15 is 0 Å². The molecule has 0 aliphatic carbocycles. The highest BCUT2D eigenvalue weighted by Crippen LogP contribution is 2.38. The predicted octanol–water partition coefficient (Wildman–Crippen LogP) is 5.53. The van der Waals surface area contributed by atoms with Crippen molar-refractivity contribution in [2.24, 2.45) is 0 Å². The van der Waals surface area contributed by atoms with Crippen molar-refractivity contribution >= 4 is 44.3 Å². The third kappa shape index (κ3) is 1.47. The molecule has 0 unspecified atom stereocenters. The smallest absolute Gasteiger partial charge is 0.144 e. The lowest BCUT2D eigenvalue weighted by Crippen LogP contribution is -1.75. The van der Waals surface area contributed by atoms with E-state index in [0.717, 1.165) is 21.5 Å². The molecule has 0 spiro atoms. The highest BCUT2D eigenvalue weighted by Gasteiger charge is 2.14. The van der Waals surface area contributed by atoms with Crippen molar-refractivity contribution in [3.63, 3.8) is 0 Å². The average Bonchev–Trinajstić information content (AvgIpc) is 2.78. The molecule has 0 radical (unpaired) electrons. The Bertz CT molecular complexity index is 940. The van der Waals surface area contributed by atoms with Gasteiger partial charge in [0.2, 0.25) is 0 Å². The van der Waals surface area contributed by atoms with Gasteiger partial charge in [-0.1, -0.05) is 35.9 Å². The van der Waals surface area contributed by atoms with Crippen LogP contribution in [0.25, 0.3) is 32.7 Å². The molecule has 0 fully saturated rings. The largest absolute Gasteiger partial charge is 0.455 e. The van der Waals surface area contributed by atoms with Crippen LogP contribution in [0.4, 0.5) is 4.39 Å². The van der Waals surface area contributed by atoms with Gasteiger partial charge in [0, 0.05) is 22.2 Å². The average molecular weight is 271 g/mol. The monoisotopic (exact) mass is 270 g/mol. The van der Waals surface area contributed by atoms with E-state index < -0.39 is 0 Å². The standard InChI is InChI=1S/C16H8ClFO/c17-13-7-9-3-1-2-4-11(9)16-15(13)12-6-5-10(18)8-14(12)19-16/h1-8H. The lowest BCUT2D eigenvalue weighted by atomic mass is 10.1. The Morgan fingerprint density at radius 1 is 0.947 bits per heavy atom. The molecule has 1 nitrogen and oxygen atoms in total. The van der Waals surface area contributed by atoms with Crippen LogP contribution in [0.1, 0.15) is 0 Å². The molecule has 3 aromatic carbocycles. The lowest BCUT2D eigenvalue weighted by Gasteiger charge is -2.00. The van der Waals surface area contributed by atoms with Crippen LogP contribution in [-0.2, 0) is 0 Å². The Hall–Kier alpha value is -2.06. The zero-order valence-electron chi connectivity index (χ0n) is 9.78. The summed E-state index contributed by atoms with van der Waals surface area (Å²) in [5, 5.41) is 4.31. The van der Waals surface area contributed by atoms with Gasteiger partial charge in [-0.25, -0.2) is 4.39 Å². The first-order valence-electron chi connectivity index (χ1n) is 5.93. The summed E-state index contributed by atoms with van der Waals surface area (Å²) in [4.78, 5) is 0. The van der Waals surface area contributed by atoms with Crippen LogP contribution < -0.4 is 0 Å². The minimum atomic E-state index is -0.313. The highest BCUT2D eigenvalue weighted by atomic mass is 35.5. The first-order valence-corrected chi connectivity index (χ1v) is 6.31. The first kappa shape index (κ1) is 10.8. The van der Waals surface area contributed by atoms with Crippen LogP contribution >= 0.6 is 11.6 Å². The minimum Gasteiger partial charge on any atom is -0.455 e. The van der Waals surface area contributed by atoms with Crippen molar-refractivity contribution < 1.29 is 8.81 Å². The second-order valence-electron chi connectivity index (χ2n) is 4.53. The van der Waals surface area contributed by atoms with E-state index in [1.54, 1.807) is 6.07 Å². The fourth-order valence-corrected chi connectivity index (χ4v) is 2.84. The summed E-state index contributed by atoms with van der Waals surface area (Å²) < 4.78 is 19.1. The molecular weight excluding hydrogens is 263 g/mol. The molecule has 4 aromatic rings. The van der Waals surface area contributed by atoms with Crippen molar-refractivity contribution in [2.45, 2.75) is 0 Å². The molecule has 0 N–H and O–H groups in total. The van der Waals surface area contributed by atoms with E-state index in [2.05, 4.69) is 0 Å². The van der Waals surface area contributed by atoms with E-state index in [9.17, 15) is 4.39 Å². The van der Waals surface area contributed by atoms with E-state index in [0.29, 0.717) is 16.2 Å². The highest BCUT2D eigenvalue weighted by molar-refractivity contribution is 6.39. The number of hydrogen-bond acceptors (Lipinski definition) is 1. The summed E-state index contributed by atoms with van der Waals surface area (Å²) in [7, 11) is 0. The summed E-state index contributed by atoms with van der Waals surface area (Å²) in [5.74, 6) is -0.313. The topological polar surface area (TPSA) is 13.1 Å². The van der Waals surface area contributed by atoms with Gasteiger partial charge >= 0.3 is 0 Å². The number of furan rings is 1.